The van der Waals surface area contributed by atoms with Crippen molar-refractivity contribution in [1.82, 2.24) is 0 Å². The average Bonchev–Trinajstić information content (AvgIpc) is 3.32. The molecule has 18 nitrogen and oxygen atoms in total. The number of fused-ring (bicyclic) bond motifs is 1. The van der Waals surface area contributed by atoms with Gasteiger partial charge in [0.15, 0.2) is 28.3 Å². The first-order valence-corrected chi connectivity index (χ1v) is 13.6. The second-order valence-electron chi connectivity index (χ2n) is 10.4. The second kappa shape index (κ2) is 12.9. The first kappa shape index (κ1) is 33.3. The highest BCUT2D eigenvalue weighted by atomic mass is 16.7. The molecular weight excluding hydrogens is 624 g/mol. The van der Waals surface area contributed by atoms with Crippen molar-refractivity contribution in [3.63, 3.8) is 0 Å². The van der Waals surface area contributed by atoms with Crippen LogP contribution in [0.1, 0.15) is 0 Å². The molecular formula is C28H32O18. The highest BCUT2D eigenvalue weighted by Crippen LogP contribution is 2.51. The molecule has 0 amide bonds. The van der Waals surface area contributed by atoms with Crippen molar-refractivity contribution in [3.05, 3.63) is 28.4 Å². The minimum atomic E-state index is -2.00. The maximum absolute atomic E-state index is 13.5. The fourth-order valence-corrected chi connectivity index (χ4v) is 5.07. The third-order valence-corrected chi connectivity index (χ3v) is 7.62. The molecule has 46 heavy (non-hydrogen) atoms. The third kappa shape index (κ3) is 5.59. The molecule has 5 rings (SSSR count). The Morgan fingerprint density at radius 2 is 1.17 bits per heavy atom. The van der Waals surface area contributed by atoms with Gasteiger partial charge in [-0.15, -0.1) is 0 Å². The Bertz CT molecular complexity index is 1610. The van der Waals surface area contributed by atoms with Crippen molar-refractivity contribution in [2.75, 3.05) is 27.4 Å². The van der Waals surface area contributed by atoms with Crippen LogP contribution in [0.5, 0.6) is 40.2 Å². The number of aromatic hydroxyl groups is 3. The Morgan fingerprint density at radius 1 is 0.674 bits per heavy atom. The number of hydrogen-bond donors (Lipinski definition) is 10. The van der Waals surface area contributed by atoms with E-state index in [0.717, 1.165) is 6.07 Å². The first-order valence-electron chi connectivity index (χ1n) is 13.6. The molecule has 0 radical (unpaired) electrons. The van der Waals surface area contributed by atoms with Crippen LogP contribution >= 0.6 is 0 Å². The predicted molar refractivity (Wildman–Crippen MR) is 149 cm³/mol. The van der Waals surface area contributed by atoms with Crippen LogP contribution in [-0.4, -0.2) is 134 Å². The monoisotopic (exact) mass is 656 g/mol. The Balaban J connectivity index is 1.70. The smallest absolute Gasteiger partial charge is 0.229 e. The third-order valence-electron chi connectivity index (χ3n) is 7.62. The van der Waals surface area contributed by atoms with Crippen molar-refractivity contribution in [1.29, 1.82) is 0 Å². The van der Waals surface area contributed by atoms with Gasteiger partial charge in [0.1, 0.15) is 53.9 Å². The molecule has 2 unspecified atom stereocenters. The normalized spacial score (nSPS) is 29.5. The van der Waals surface area contributed by atoms with Gasteiger partial charge in [0.2, 0.25) is 35.6 Å². The molecule has 0 bridgehead atoms. The molecule has 0 aliphatic carbocycles. The second-order valence-corrected chi connectivity index (χ2v) is 10.4. The lowest BCUT2D eigenvalue weighted by Crippen LogP contribution is -2.60. The van der Waals surface area contributed by atoms with E-state index in [1.165, 1.54) is 26.4 Å². The van der Waals surface area contributed by atoms with E-state index < -0.39 is 108 Å². The zero-order valence-electron chi connectivity index (χ0n) is 24.1. The lowest BCUT2D eigenvalue weighted by atomic mass is 9.99. The van der Waals surface area contributed by atoms with Crippen LogP contribution in [0.25, 0.3) is 22.3 Å². The molecule has 18 heteroatoms. The number of hydrogen-bond acceptors (Lipinski definition) is 18. The van der Waals surface area contributed by atoms with Gasteiger partial charge < -0.3 is 83.9 Å². The van der Waals surface area contributed by atoms with Gasteiger partial charge in [0.25, 0.3) is 0 Å². The van der Waals surface area contributed by atoms with E-state index in [0.29, 0.717) is 0 Å². The van der Waals surface area contributed by atoms with Gasteiger partial charge in [0.05, 0.1) is 27.4 Å². The van der Waals surface area contributed by atoms with Gasteiger partial charge >= 0.3 is 0 Å². The summed E-state index contributed by atoms with van der Waals surface area (Å²) in [4.78, 5) is 13.5. The van der Waals surface area contributed by atoms with Gasteiger partial charge in [-0.1, -0.05) is 0 Å². The summed E-state index contributed by atoms with van der Waals surface area (Å²) in [6.45, 7) is -1.57. The molecule has 2 fully saturated rings. The minimum Gasteiger partial charge on any atom is -0.504 e. The Kier molecular flexibility index (Phi) is 9.36. The number of phenolic OH excluding ortho intramolecular Hbond substituents is 3. The largest absolute Gasteiger partial charge is 0.504 e. The van der Waals surface area contributed by atoms with E-state index in [-0.39, 0.29) is 28.6 Å². The molecule has 3 heterocycles. The summed E-state index contributed by atoms with van der Waals surface area (Å²) in [5.41, 5.74) is -1.52. The summed E-state index contributed by atoms with van der Waals surface area (Å²) in [7, 11) is 2.52. The molecule has 0 saturated carbocycles. The van der Waals surface area contributed by atoms with Gasteiger partial charge in [-0.25, -0.2) is 0 Å². The predicted octanol–water partition coefficient (Wildman–Crippen LogP) is -2.41. The number of rotatable bonds is 9. The highest BCUT2D eigenvalue weighted by Gasteiger charge is 2.47. The van der Waals surface area contributed by atoms with Crippen molar-refractivity contribution < 1.29 is 83.9 Å². The van der Waals surface area contributed by atoms with E-state index in [1.54, 1.807) is 0 Å². The van der Waals surface area contributed by atoms with Crippen molar-refractivity contribution >= 4 is 11.0 Å². The van der Waals surface area contributed by atoms with Crippen molar-refractivity contribution in [2.45, 2.75) is 55.3 Å². The maximum atomic E-state index is 13.5. The summed E-state index contributed by atoms with van der Waals surface area (Å²) in [5, 5.41) is 103. The van der Waals surface area contributed by atoms with Gasteiger partial charge in [-0.3, -0.25) is 4.79 Å². The molecule has 2 aliphatic heterocycles. The summed E-state index contributed by atoms with van der Waals surface area (Å²) in [6.07, 6.45) is -15.7. The lowest BCUT2D eigenvalue weighted by Gasteiger charge is -2.39. The molecule has 252 valence electrons. The molecule has 0 spiro atoms. The number of ether oxygens (including phenoxy) is 6. The van der Waals surface area contributed by atoms with Gasteiger partial charge in [0, 0.05) is 11.6 Å². The Labute approximate surface area is 257 Å². The van der Waals surface area contributed by atoms with E-state index in [2.05, 4.69) is 0 Å². The molecule has 3 aromatic rings. The molecule has 2 saturated heterocycles. The van der Waals surface area contributed by atoms with E-state index in [9.17, 15) is 55.9 Å². The molecule has 1 aromatic heterocycles. The van der Waals surface area contributed by atoms with Crippen LogP contribution < -0.4 is 24.4 Å². The molecule has 10 N–H and O–H groups in total. The number of methoxy groups -OCH3 is 2. The SMILES string of the molecule is COc1cc(-c2cc(=O)c3c(O)c(OC4O[C@H](CO)[C@@H](O)[C@H](O)[C@H]4O)c(O)c(OC4O[C@H](CO)[C@@H](O)[C@@H]4O)c3o2)cc(OC)c1O. The molecule has 2 aliphatic rings. The van der Waals surface area contributed by atoms with Crippen LogP contribution in [0.3, 0.4) is 0 Å². The highest BCUT2D eigenvalue weighted by molar-refractivity contribution is 5.95. The molecule has 2 aromatic carbocycles. The van der Waals surface area contributed by atoms with Crippen molar-refractivity contribution in [2.24, 2.45) is 0 Å². The summed E-state index contributed by atoms with van der Waals surface area (Å²) < 4.78 is 37.9. The van der Waals surface area contributed by atoms with Crippen LogP contribution in [0.15, 0.2) is 27.4 Å². The number of aliphatic hydroxyl groups is 7. The van der Waals surface area contributed by atoms with Crippen LogP contribution in [0.4, 0.5) is 0 Å². The summed E-state index contributed by atoms with van der Waals surface area (Å²) in [6, 6.07) is 3.48. The number of aliphatic hydroxyl groups excluding tert-OH is 7. The van der Waals surface area contributed by atoms with Gasteiger partial charge in [-0.2, -0.15) is 0 Å². The van der Waals surface area contributed by atoms with Crippen molar-refractivity contribution in [3.8, 4) is 51.6 Å². The van der Waals surface area contributed by atoms with Crippen LogP contribution in [-0.2, 0) is 9.47 Å². The zero-order chi connectivity index (χ0) is 33.6. The summed E-state index contributed by atoms with van der Waals surface area (Å²) >= 11 is 0. The standard InChI is InChI=1S/C28H32O18/c1-40-11-3-8(4-12(41-2)16(11)32)10-5-9(31)15-19(35)25(45-28-22(38)20(36)17(33)13(6-29)43-28)23(39)26(24(15)42-10)46-27-21(37)18(34)14(7-30)44-27/h3-5,13-14,17-18,20-22,27-30,32-39H,6-7H2,1-2H3/t13-,14-,17-,18-,20+,21+,22-,27?,28?/m1/s1. The maximum Gasteiger partial charge on any atom is 0.229 e. The van der Waals surface area contributed by atoms with E-state index in [1.807, 2.05) is 0 Å². The van der Waals surface area contributed by atoms with E-state index in [4.69, 9.17) is 32.8 Å². The summed E-state index contributed by atoms with van der Waals surface area (Å²) in [5.74, 6) is -4.72. The number of phenols is 3. The fraction of sp³-hybridized carbons (Fsp3) is 0.464. The first-order chi connectivity index (χ1) is 21.9. The zero-order valence-corrected chi connectivity index (χ0v) is 24.1. The van der Waals surface area contributed by atoms with Crippen LogP contribution in [0.2, 0.25) is 0 Å². The quantitative estimate of drug-likeness (QED) is 0.115. The topological polar surface area (TPSA) is 288 Å². The molecule has 9 atom stereocenters. The number of benzene rings is 2. The minimum absolute atomic E-state index is 0.0750. The Morgan fingerprint density at radius 3 is 1.70 bits per heavy atom. The van der Waals surface area contributed by atoms with Crippen LogP contribution in [0, 0.1) is 0 Å². The average molecular weight is 657 g/mol. The lowest BCUT2D eigenvalue weighted by molar-refractivity contribution is -0.277. The Hall–Kier alpha value is -4.11. The van der Waals surface area contributed by atoms with Gasteiger partial charge in [-0.05, 0) is 12.1 Å². The van der Waals surface area contributed by atoms with E-state index >= 15 is 0 Å². The fourth-order valence-electron chi connectivity index (χ4n) is 5.07.